The molecule has 20 heavy (non-hydrogen) atoms. The van der Waals surface area contributed by atoms with Gasteiger partial charge in [-0.05, 0) is 28.1 Å². The van der Waals surface area contributed by atoms with Crippen molar-refractivity contribution in [2.24, 2.45) is 0 Å². The third-order valence-electron chi connectivity index (χ3n) is 2.47. The van der Waals surface area contributed by atoms with E-state index in [-0.39, 0.29) is 16.0 Å². The molecule has 8 nitrogen and oxygen atoms in total. The first-order chi connectivity index (χ1) is 9.51. The van der Waals surface area contributed by atoms with Crippen molar-refractivity contribution in [3.63, 3.8) is 0 Å². The number of nitrogens with zero attached hydrogens (tertiary/aromatic N) is 3. The molecule has 1 heterocycles. The van der Waals surface area contributed by atoms with Crippen molar-refractivity contribution in [3.05, 3.63) is 44.4 Å². The zero-order valence-corrected chi connectivity index (χ0v) is 12.0. The molecule has 1 aromatic carbocycles. The molecule has 0 radical (unpaired) electrons. The van der Waals surface area contributed by atoms with Crippen LogP contribution in [0.2, 0.25) is 0 Å². The van der Waals surface area contributed by atoms with Crippen LogP contribution in [0.5, 0.6) is 0 Å². The lowest BCUT2D eigenvalue weighted by Crippen LogP contribution is -2.13. The first-order valence-electron chi connectivity index (χ1n) is 5.67. The molecule has 1 amide bonds. The zero-order chi connectivity index (χ0) is 14.7. The maximum absolute atomic E-state index is 11.9. The molecule has 0 unspecified atom stereocenters. The lowest BCUT2D eigenvalue weighted by molar-refractivity contribution is -0.385. The molecule has 1 aromatic heterocycles. The van der Waals surface area contributed by atoms with Gasteiger partial charge in [-0.1, -0.05) is 6.92 Å². The summed E-state index contributed by atoms with van der Waals surface area (Å²) in [5.41, 5.74) is 0.337. The minimum Gasteiger partial charge on any atom is -0.319 e. The van der Waals surface area contributed by atoms with Gasteiger partial charge < -0.3 is 5.32 Å². The number of aromatic nitrogens is 3. The second-order valence-electron chi connectivity index (χ2n) is 3.84. The molecular weight excluding hydrogens is 330 g/mol. The zero-order valence-electron chi connectivity index (χ0n) is 10.4. The molecule has 0 atom stereocenters. The highest BCUT2D eigenvalue weighted by Gasteiger charge is 2.15. The number of nitrogens with one attached hydrogen (secondary N) is 2. The van der Waals surface area contributed by atoms with Crippen molar-refractivity contribution >= 4 is 33.2 Å². The lowest BCUT2D eigenvalue weighted by atomic mass is 10.3. The number of H-pyrrole nitrogens is 1. The van der Waals surface area contributed by atoms with Crippen LogP contribution in [0.3, 0.4) is 0 Å². The van der Waals surface area contributed by atoms with E-state index < -0.39 is 10.8 Å². The van der Waals surface area contributed by atoms with Gasteiger partial charge in [0.2, 0.25) is 5.82 Å². The number of aryl methyl sites for hydroxylation is 1. The number of amides is 1. The number of rotatable bonds is 4. The summed E-state index contributed by atoms with van der Waals surface area (Å²) in [5, 5.41) is 19.7. The smallest absolute Gasteiger partial charge is 0.295 e. The second kappa shape index (κ2) is 5.78. The maximum Gasteiger partial charge on any atom is 0.295 e. The van der Waals surface area contributed by atoms with Crippen LogP contribution in [0.15, 0.2) is 22.7 Å². The number of aromatic amines is 1. The van der Waals surface area contributed by atoms with Crippen molar-refractivity contribution in [1.82, 2.24) is 15.2 Å². The molecule has 9 heteroatoms. The monoisotopic (exact) mass is 339 g/mol. The largest absolute Gasteiger partial charge is 0.319 e. The molecule has 2 aromatic rings. The number of nitro groups is 1. The predicted molar refractivity (Wildman–Crippen MR) is 74.5 cm³/mol. The standard InChI is InChI=1S/C11H10BrN5O3/c1-2-9-14-10(16-15-9)11(18)13-6-3-4-8(17(19)20)7(12)5-6/h3-5H,2H2,1H3,(H,13,18)(H,14,15,16). The van der Waals surface area contributed by atoms with Crippen molar-refractivity contribution in [2.75, 3.05) is 5.32 Å². The number of hydrogen-bond acceptors (Lipinski definition) is 5. The van der Waals surface area contributed by atoms with Gasteiger partial charge in [-0.25, -0.2) is 4.98 Å². The van der Waals surface area contributed by atoms with E-state index in [2.05, 4.69) is 36.4 Å². The topological polar surface area (TPSA) is 114 Å². The minimum absolute atomic E-state index is 0.0244. The molecule has 2 rings (SSSR count). The molecule has 0 fully saturated rings. The third kappa shape index (κ3) is 2.99. The summed E-state index contributed by atoms with van der Waals surface area (Å²) in [6, 6.07) is 4.19. The Morgan fingerprint density at radius 1 is 1.55 bits per heavy atom. The normalized spacial score (nSPS) is 10.3. The average molecular weight is 340 g/mol. The van der Waals surface area contributed by atoms with Crippen LogP contribution in [-0.2, 0) is 6.42 Å². The summed E-state index contributed by atoms with van der Waals surface area (Å²) < 4.78 is 0.282. The maximum atomic E-state index is 11.9. The Morgan fingerprint density at radius 2 is 2.30 bits per heavy atom. The number of benzene rings is 1. The highest BCUT2D eigenvalue weighted by Crippen LogP contribution is 2.27. The Balaban J connectivity index is 2.15. The number of hydrogen-bond donors (Lipinski definition) is 2. The van der Waals surface area contributed by atoms with Gasteiger partial charge in [-0.3, -0.25) is 20.0 Å². The Morgan fingerprint density at radius 3 is 2.85 bits per heavy atom. The highest BCUT2D eigenvalue weighted by molar-refractivity contribution is 9.10. The first kappa shape index (κ1) is 14.1. The van der Waals surface area contributed by atoms with Crippen LogP contribution in [0.25, 0.3) is 0 Å². The van der Waals surface area contributed by atoms with Crippen molar-refractivity contribution in [1.29, 1.82) is 0 Å². The van der Waals surface area contributed by atoms with Crippen LogP contribution < -0.4 is 5.32 Å². The van der Waals surface area contributed by atoms with Crippen molar-refractivity contribution in [3.8, 4) is 0 Å². The van der Waals surface area contributed by atoms with E-state index in [1.165, 1.54) is 18.2 Å². The number of nitro benzene ring substituents is 1. The van der Waals surface area contributed by atoms with E-state index in [0.29, 0.717) is 17.9 Å². The number of carbonyl (C=O) groups is 1. The summed E-state index contributed by atoms with van der Waals surface area (Å²) in [5.74, 6) is 0.151. The molecule has 0 aliphatic carbocycles. The SMILES string of the molecule is CCc1nc(C(=O)Nc2ccc([N+](=O)[O-])c(Br)c2)n[nH]1. The van der Waals surface area contributed by atoms with Crippen molar-refractivity contribution in [2.45, 2.75) is 13.3 Å². The highest BCUT2D eigenvalue weighted by atomic mass is 79.9. The molecule has 104 valence electrons. The van der Waals surface area contributed by atoms with E-state index in [0.717, 1.165) is 0 Å². The van der Waals surface area contributed by atoms with Gasteiger partial charge in [0.25, 0.3) is 11.6 Å². The van der Waals surface area contributed by atoms with E-state index in [9.17, 15) is 14.9 Å². The Bertz CT molecular complexity index is 670. The van der Waals surface area contributed by atoms with Crippen LogP contribution in [0, 0.1) is 10.1 Å². The summed E-state index contributed by atoms with van der Waals surface area (Å²) in [6.07, 6.45) is 0.642. The summed E-state index contributed by atoms with van der Waals surface area (Å²) in [4.78, 5) is 26.0. The third-order valence-corrected chi connectivity index (χ3v) is 3.11. The van der Waals surface area contributed by atoms with E-state index in [1.54, 1.807) is 0 Å². The average Bonchev–Trinajstić information content (AvgIpc) is 2.87. The van der Waals surface area contributed by atoms with E-state index in [4.69, 9.17) is 0 Å². The summed E-state index contributed by atoms with van der Waals surface area (Å²) in [7, 11) is 0. The number of halogens is 1. The summed E-state index contributed by atoms with van der Waals surface area (Å²) in [6.45, 7) is 1.88. The second-order valence-corrected chi connectivity index (χ2v) is 4.69. The van der Waals surface area contributed by atoms with E-state index >= 15 is 0 Å². The molecule has 0 aliphatic heterocycles. The first-order valence-corrected chi connectivity index (χ1v) is 6.47. The van der Waals surface area contributed by atoms with Gasteiger partial charge in [-0.15, -0.1) is 5.10 Å². The van der Waals surface area contributed by atoms with Crippen LogP contribution in [0.4, 0.5) is 11.4 Å². The quantitative estimate of drug-likeness (QED) is 0.655. The Labute approximate surface area is 121 Å². The molecule has 0 saturated heterocycles. The van der Waals surface area contributed by atoms with Gasteiger partial charge in [0, 0.05) is 18.2 Å². The van der Waals surface area contributed by atoms with Crippen LogP contribution >= 0.6 is 15.9 Å². The molecule has 2 N–H and O–H groups in total. The Kier molecular flexibility index (Phi) is 4.08. The van der Waals surface area contributed by atoms with E-state index in [1.807, 2.05) is 6.92 Å². The molecule has 0 spiro atoms. The fraction of sp³-hybridized carbons (Fsp3) is 0.182. The lowest BCUT2D eigenvalue weighted by Gasteiger charge is -2.03. The molecular formula is C11H10BrN5O3. The van der Waals surface area contributed by atoms with Gasteiger partial charge in [0.05, 0.1) is 9.40 Å². The number of anilines is 1. The summed E-state index contributed by atoms with van der Waals surface area (Å²) >= 11 is 3.08. The number of carbonyl (C=O) groups excluding carboxylic acids is 1. The van der Waals surface area contributed by atoms with Crippen LogP contribution in [-0.4, -0.2) is 26.0 Å². The van der Waals surface area contributed by atoms with Gasteiger partial charge in [0.15, 0.2) is 0 Å². The minimum atomic E-state index is -0.515. The Hall–Kier alpha value is -2.29. The molecule has 0 bridgehead atoms. The van der Waals surface area contributed by atoms with Crippen LogP contribution in [0.1, 0.15) is 23.4 Å². The fourth-order valence-corrected chi connectivity index (χ4v) is 2.00. The van der Waals surface area contributed by atoms with Gasteiger partial charge in [-0.2, -0.15) is 0 Å². The molecule has 0 aliphatic rings. The fourth-order valence-electron chi connectivity index (χ4n) is 1.47. The van der Waals surface area contributed by atoms with Gasteiger partial charge in [0.1, 0.15) is 5.82 Å². The molecule has 0 saturated carbocycles. The van der Waals surface area contributed by atoms with Crippen molar-refractivity contribution < 1.29 is 9.72 Å². The predicted octanol–water partition coefficient (Wildman–Crippen LogP) is 2.29. The van der Waals surface area contributed by atoms with Gasteiger partial charge >= 0.3 is 0 Å².